The smallest absolute Gasteiger partial charge is 0.240 e. The summed E-state index contributed by atoms with van der Waals surface area (Å²) in [5.74, 6) is 0. The van der Waals surface area contributed by atoms with Gasteiger partial charge in [0, 0.05) is 24.4 Å². The van der Waals surface area contributed by atoms with E-state index in [1.165, 1.54) is 6.33 Å². The number of ether oxygens (including phenoxy) is 1. The van der Waals surface area contributed by atoms with Gasteiger partial charge in [0.1, 0.15) is 6.33 Å². The predicted octanol–water partition coefficient (Wildman–Crippen LogP) is 1.52. The van der Waals surface area contributed by atoms with E-state index in [-0.39, 0.29) is 10.9 Å². The summed E-state index contributed by atoms with van der Waals surface area (Å²) in [5.41, 5.74) is 2.61. The highest BCUT2D eigenvalue weighted by Crippen LogP contribution is 2.22. The molecule has 1 aromatic carbocycles. The van der Waals surface area contributed by atoms with Crippen molar-refractivity contribution in [1.29, 1.82) is 0 Å². The Balaban J connectivity index is 1.83. The molecular weight excluding hydrogens is 302 g/mol. The first kappa shape index (κ1) is 15.1. The minimum Gasteiger partial charge on any atom is -0.380 e. The fourth-order valence-electron chi connectivity index (χ4n) is 2.41. The highest BCUT2D eigenvalue weighted by molar-refractivity contribution is 7.89. The fraction of sp³-hybridized carbons (Fsp3) is 0.333. The van der Waals surface area contributed by atoms with Crippen LogP contribution in [0.15, 0.2) is 41.7 Å². The maximum absolute atomic E-state index is 12.3. The second kappa shape index (κ2) is 6.12. The molecule has 6 nitrogen and oxygen atoms in total. The Morgan fingerprint density at radius 3 is 2.68 bits per heavy atom. The third kappa shape index (κ3) is 3.16. The molecule has 1 atom stereocenters. The van der Waals surface area contributed by atoms with Gasteiger partial charge < -0.3 is 4.74 Å². The summed E-state index contributed by atoms with van der Waals surface area (Å²) in [6.45, 7) is 2.94. The van der Waals surface area contributed by atoms with E-state index in [0.29, 0.717) is 19.6 Å². The van der Waals surface area contributed by atoms with E-state index in [2.05, 4.69) is 14.7 Å². The van der Waals surface area contributed by atoms with E-state index in [1.54, 1.807) is 30.5 Å². The van der Waals surface area contributed by atoms with Crippen molar-refractivity contribution in [3.63, 3.8) is 0 Å². The van der Waals surface area contributed by atoms with Gasteiger partial charge in [0.2, 0.25) is 10.0 Å². The van der Waals surface area contributed by atoms with Crippen molar-refractivity contribution >= 4 is 10.0 Å². The molecule has 7 heteroatoms. The second-order valence-electron chi connectivity index (χ2n) is 5.26. The molecule has 22 heavy (non-hydrogen) atoms. The van der Waals surface area contributed by atoms with Crippen LogP contribution in [-0.4, -0.2) is 37.6 Å². The summed E-state index contributed by atoms with van der Waals surface area (Å²) in [6.07, 6.45) is 3.92. The largest absolute Gasteiger partial charge is 0.380 e. The highest BCUT2D eigenvalue weighted by atomic mass is 32.2. The number of nitrogens with zero attached hydrogens (tertiary/aromatic N) is 2. The molecular formula is C15H17N3O3S. The molecule has 2 heterocycles. The van der Waals surface area contributed by atoms with Gasteiger partial charge in [0.15, 0.2) is 0 Å². The SMILES string of the molecule is Cc1cncnc1-c1ccc(S(=O)(=O)NC2CCOC2)cc1. The number of nitrogens with one attached hydrogen (secondary N) is 1. The summed E-state index contributed by atoms with van der Waals surface area (Å²) in [7, 11) is -3.52. The Labute approximate surface area is 129 Å². The van der Waals surface area contributed by atoms with Gasteiger partial charge in [-0.2, -0.15) is 0 Å². The molecule has 0 spiro atoms. The van der Waals surface area contributed by atoms with E-state index in [0.717, 1.165) is 16.8 Å². The number of aryl methyl sites for hydroxylation is 1. The van der Waals surface area contributed by atoms with Crippen LogP contribution >= 0.6 is 0 Å². The first-order valence-electron chi connectivity index (χ1n) is 7.03. The topological polar surface area (TPSA) is 81.2 Å². The van der Waals surface area contributed by atoms with Crippen molar-refractivity contribution in [3.8, 4) is 11.3 Å². The van der Waals surface area contributed by atoms with Crippen molar-refractivity contribution in [2.24, 2.45) is 0 Å². The molecule has 1 unspecified atom stereocenters. The molecule has 116 valence electrons. The van der Waals surface area contributed by atoms with Crippen molar-refractivity contribution in [1.82, 2.24) is 14.7 Å². The van der Waals surface area contributed by atoms with Crippen molar-refractivity contribution in [2.45, 2.75) is 24.3 Å². The zero-order chi connectivity index (χ0) is 15.6. The molecule has 2 aromatic rings. The zero-order valence-electron chi connectivity index (χ0n) is 12.2. The number of benzene rings is 1. The van der Waals surface area contributed by atoms with Gasteiger partial charge in [-0.25, -0.2) is 23.1 Å². The van der Waals surface area contributed by atoms with Gasteiger partial charge in [0.05, 0.1) is 17.2 Å². The quantitative estimate of drug-likeness (QED) is 0.924. The van der Waals surface area contributed by atoms with Crippen LogP contribution < -0.4 is 4.72 Å². The first-order chi connectivity index (χ1) is 10.6. The Bertz CT molecular complexity index is 754. The molecule has 1 fully saturated rings. The number of rotatable bonds is 4. The summed E-state index contributed by atoms with van der Waals surface area (Å²) in [5, 5.41) is 0. The molecule has 1 N–H and O–H groups in total. The molecule has 0 amide bonds. The van der Waals surface area contributed by atoms with Gasteiger partial charge >= 0.3 is 0 Å². The number of aromatic nitrogens is 2. The van der Waals surface area contributed by atoms with Crippen LogP contribution in [0.4, 0.5) is 0 Å². The second-order valence-corrected chi connectivity index (χ2v) is 6.97. The van der Waals surface area contributed by atoms with Gasteiger partial charge in [-0.05, 0) is 31.0 Å². The average molecular weight is 319 g/mol. The summed E-state index contributed by atoms with van der Waals surface area (Å²) in [6, 6.07) is 6.56. The Kier molecular flexibility index (Phi) is 4.19. The van der Waals surface area contributed by atoms with Crippen LogP contribution in [0.5, 0.6) is 0 Å². The van der Waals surface area contributed by atoms with E-state index < -0.39 is 10.0 Å². The fourth-order valence-corrected chi connectivity index (χ4v) is 3.66. The molecule has 1 aliphatic heterocycles. The lowest BCUT2D eigenvalue weighted by atomic mass is 10.1. The maximum atomic E-state index is 12.3. The van der Waals surface area contributed by atoms with Crippen molar-refractivity contribution in [2.75, 3.05) is 13.2 Å². The Morgan fingerprint density at radius 2 is 2.05 bits per heavy atom. The Hall–Kier alpha value is -1.83. The molecule has 1 aromatic heterocycles. The van der Waals surface area contributed by atoms with Gasteiger partial charge in [-0.3, -0.25) is 0 Å². The molecule has 1 saturated heterocycles. The molecule has 0 saturated carbocycles. The Morgan fingerprint density at radius 1 is 1.27 bits per heavy atom. The van der Waals surface area contributed by atoms with E-state index >= 15 is 0 Å². The lowest BCUT2D eigenvalue weighted by molar-refractivity contribution is 0.192. The van der Waals surface area contributed by atoms with Crippen LogP contribution in [0, 0.1) is 6.92 Å². The number of sulfonamides is 1. The van der Waals surface area contributed by atoms with Crippen LogP contribution in [0.25, 0.3) is 11.3 Å². The number of hydrogen-bond donors (Lipinski definition) is 1. The van der Waals surface area contributed by atoms with Gasteiger partial charge in [-0.15, -0.1) is 0 Å². The van der Waals surface area contributed by atoms with E-state index in [9.17, 15) is 8.42 Å². The lowest BCUT2D eigenvalue weighted by Gasteiger charge is -2.12. The van der Waals surface area contributed by atoms with Crippen molar-refractivity contribution < 1.29 is 13.2 Å². The molecule has 0 bridgehead atoms. The monoisotopic (exact) mass is 319 g/mol. The normalized spacial score (nSPS) is 18.5. The summed E-state index contributed by atoms with van der Waals surface area (Å²) >= 11 is 0. The summed E-state index contributed by atoms with van der Waals surface area (Å²) in [4.78, 5) is 8.43. The van der Waals surface area contributed by atoms with Crippen LogP contribution in [-0.2, 0) is 14.8 Å². The minimum atomic E-state index is -3.52. The van der Waals surface area contributed by atoms with Crippen LogP contribution in [0.3, 0.4) is 0 Å². The number of hydrogen-bond acceptors (Lipinski definition) is 5. The molecule has 0 aliphatic carbocycles. The zero-order valence-corrected chi connectivity index (χ0v) is 13.0. The van der Waals surface area contributed by atoms with Crippen LogP contribution in [0.2, 0.25) is 0 Å². The minimum absolute atomic E-state index is 0.145. The molecule has 3 rings (SSSR count). The average Bonchev–Trinajstić information content (AvgIpc) is 3.00. The highest BCUT2D eigenvalue weighted by Gasteiger charge is 2.23. The third-order valence-corrected chi connectivity index (χ3v) is 5.12. The molecule has 1 aliphatic rings. The summed E-state index contributed by atoms with van der Waals surface area (Å²) < 4.78 is 32.5. The molecule has 0 radical (unpaired) electrons. The maximum Gasteiger partial charge on any atom is 0.240 e. The van der Waals surface area contributed by atoms with E-state index in [1.807, 2.05) is 6.92 Å². The first-order valence-corrected chi connectivity index (χ1v) is 8.52. The lowest BCUT2D eigenvalue weighted by Crippen LogP contribution is -2.34. The van der Waals surface area contributed by atoms with E-state index in [4.69, 9.17) is 4.74 Å². The standard InChI is InChI=1S/C15H17N3O3S/c1-11-8-16-10-17-15(11)12-2-4-14(5-3-12)22(19,20)18-13-6-7-21-9-13/h2-5,8,10,13,18H,6-7,9H2,1H3. The van der Waals surface area contributed by atoms with Gasteiger partial charge in [0.25, 0.3) is 0 Å². The third-order valence-electron chi connectivity index (χ3n) is 3.58. The van der Waals surface area contributed by atoms with Crippen molar-refractivity contribution in [3.05, 3.63) is 42.4 Å². The van der Waals surface area contributed by atoms with Crippen LogP contribution in [0.1, 0.15) is 12.0 Å². The predicted molar refractivity (Wildman–Crippen MR) is 81.8 cm³/mol. The van der Waals surface area contributed by atoms with Gasteiger partial charge in [-0.1, -0.05) is 12.1 Å².